The van der Waals surface area contributed by atoms with Crippen molar-refractivity contribution in [2.45, 2.75) is 31.8 Å². The normalized spacial score (nSPS) is 17.3. The van der Waals surface area contributed by atoms with E-state index in [9.17, 15) is 4.79 Å². The number of benzene rings is 2. The molecule has 5 nitrogen and oxygen atoms in total. The van der Waals surface area contributed by atoms with Gasteiger partial charge in [-0.25, -0.2) is 0 Å². The van der Waals surface area contributed by atoms with Crippen molar-refractivity contribution in [3.63, 3.8) is 0 Å². The highest BCUT2D eigenvalue weighted by Crippen LogP contribution is 2.33. The van der Waals surface area contributed by atoms with Gasteiger partial charge in [0.25, 0.3) is 0 Å². The van der Waals surface area contributed by atoms with Gasteiger partial charge in [-0.2, -0.15) is 0 Å². The third-order valence-electron chi connectivity index (χ3n) is 5.01. The predicted molar refractivity (Wildman–Crippen MR) is 112 cm³/mol. The van der Waals surface area contributed by atoms with Crippen molar-refractivity contribution in [3.8, 4) is 0 Å². The van der Waals surface area contributed by atoms with Gasteiger partial charge in [0, 0.05) is 37.0 Å². The van der Waals surface area contributed by atoms with Crippen LogP contribution in [0.5, 0.6) is 0 Å². The number of carbonyl (C=O) groups is 1. The van der Waals surface area contributed by atoms with Crippen molar-refractivity contribution in [3.05, 3.63) is 65.2 Å². The van der Waals surface area contributed by atoms with Crippen LogP contribution < -0.4 is 21.7 Å². The number of hydrogen-bond donors (Lipinski definition) is 3. The van der Waals surface area contributed by atoms with E-state index in [1.54, 1.807) is 0 Å². The summed E-state index contributed by atoms with van der Waals surface area (Å²) in [4.78, 5) is 12.9. The summed E-state index contributed by atoms with van der Waals surface area (Å²) >= 11 is 0. The van der Waals surface area contributed by atoms with E-state index >= 15 is 0 Å². The zero-order valence-corrected chi connectivity index (χ0v) is 15.8. The lowest BCUT2D eigenvalue weighted by atomic mass is 9.96. The van der Waals surface area contributed by atoms with Crippen molar-refractivity contribution >= 4 is 23.4 Å². The summed E-state index contributed by atoms with van der Waals surface area (Å²) in [5.41, 5.74) is 18.6. The van der Waals surface area contributed by atoms with Gasteiger partial charge in [-0.05, 0) is 30.9 Å². The first-order valence-corrected chi connectivity index (χ1v) is 9.45. The molecule has 1 unspecified atom stereocenters. The number of fused-ring (bicyclic) bond motifs is 2. The first-order valence-electron chi connectivity index (χ1n) is 9.45. The number of unbranched alkanes of at least 4 members (excludes halogenated alkanes) is 1. The van der Waals surface area contributed by atoms with Crippen LogP contribution in [0.4, 0.5) is 5.69 Å². The number of hydrogen-bond acceptors (Lipinski definition) is 5. The Morgan fingerprint density at radius 1 is 1.11 bits per heavy atom. The number of nitrogens with zero attached hydrogens (tertiary/aromatic N) is 1. The number of anilines is 1. The summed E-state index contributed by atoms with van der Waals surface area (Å²) in [6, 6.07) is 16.3. The van der Waals surface area contributed by atoms with Gasteiger partial charge in [-0.15, -0.1) is 0 Å². The molecule has 0 aliphatic carbocycles. The Kier molecular flexibility index (Phi) is 6.14. The molecule has 0 bridgehead atoms. The molecular formula is C22H28N4O. The van der Waals surface area contributed by atoms with Crippen LogP contribution in [-0.4, -0.2) is 25.9 Å². The molecular weight excluding hydrogens is 336 g/mol. The van der Waals surface area contributed by atoms with E-state index in [0.29, 0.717) is 6.42 Å². The Bertz CT molecular complexity index is 831. The summed E-state index contributed by atoms with van der Waals surface area (Å²) in [6.07, 6.45) is 3.35. The molecule has 0 aromatic heterocycles. The van der Waals surface area contributed by atoms with Crippen LogP contribution in [0.15, 0.2) is 48.5 Å². The smallest absolute Gasteiger partial charge is 0.136 e. The van der Waals surface area contributed by atoms with Gasteiger partial charge in [0.2, 0.25) is 0 Å². The van der Waals surface area contributed by atoms with E-state index < -0.39 is 0 Å². The summed E-state index contributed by atoms with van der Waals surface area (Å²) in [7, 11) is 2.11. The lowest BCUT2D eigenvalue weighted by molar-refractivity contribution is -0.109. The zero-order chi connectivity index (χ0) is 19.2. The zero-order valence-electron chi connectivity index (χ0n) is 15.8. The van der Waals surface area contributed by atoms with E-state index in [0.717, 1.165) is 60.4 Å². The van der Waals surface area contributed by atoms with Crippen LogP contribution in [0.3, 0.4) is 0 Å². The number of nitrogens with one attached hydrogen (secondary N) is 1. The van der Waals surface area contributed by atoms with Crippen molar-refractivity contribution < 1.29 is 4.79 Å². The molecule has 27 heavy (non-hydrogen) atoms. The molecule has 0 fully saturated rings. The quantitative estimate of drug-likeness (QED) is 0.520. The Morgan fingerprint density at radius 2 is 1.81 bits per heavy atom. The highest BCUT2D eigenvalue weighted by molar-refractivity contribution is 5.93. The third-order valence-corrected chi connectivity index (χ3v) is 5.01. The van der Waals surface area contributed by atoms with Crippen molar-refractivity contribution in [2.75, 3.05) is 18.5 Å². The van der Waals surface area contributed by atoms with Gasteiger partial charge >= 0.3 is 0 Å². The Hall–Kier alpha value is -2.79. The highest BCUT2D eigenvalue weighted by Gasteiger charge is 2.20. The van der Waals surface area contributed by atoms with Gasteiger partial charge in [-0.3, -0.25) is 0 Å². The minimum absolute atomic E-state index is 0.364. The number of aldehydes is 1. The molecule has 0 saturated carbocycles. The Morgan fingerprint density at radius 3 is 2.59 bits per heavy atom. The topological polar surface area (TPSA) is 84.4 Å². The maximum atomic E-state index is 10.6. The van der Waals surface area contributed by atoms with Crippen LogP contribution in [0.2, 0.25) is 0 Å². The summed E-state index contributed by atoms with van der Waals surface area (Å²) in [5.74, 6) is 0. The Labute approximate surface area is 161 Å². The van der Waals surface area contributed by atoms with Crippen LogP contribution in [-0.2, 0) is 11.3 Å². The standard InChI is InChI=1S/C22H28N4O/c1-26-14-16-8-2-3-10-18(16)21(24)22(19-11-4-5-12-20(19)26)25-13-7-6-9-17(23)15-27/h2-5,8,10-12,15,17,25H,6-7,9,13-14,23-24H2,1H3/b22-21-. The molecule has 2 aromatic carbocycles. The van der Waals surface area contributed by atoms with Crippen LogP contribution in [0, 0.1) is 0 Å². The molecule has 2 aromatic rings. The maximum absolute atomic E-state index is 10.6. The second-order valence-corrected chi connectivity index (χ2v) is 7.04. The van der Waals surface area contributed by atoms with E-state index in [1.165, 1.54) is 5.56 Å². The second kappa shape index (κ2) is 8.73. The number of para-hydroxylation sites is 1. The summed E-state index contributed by atoms with van der Waals surface area (Å²) in [6.45, 7) is 1.59. The van der Waals surface area contributed by atoms with E-state index in [2.05, 4.69) is 53.7 Å². The van der Waals surface area contributed by atoms with E-state index in [-0.39, 0.29) is 6.04 Å². The minimum Gasteiger partial charge on any atom is -0.397 e. The van der Waals surface area contributed by atoms with Crippen LogP contribution >= 0.6 is 0 Å². The summed E-state index contributed by atoms with van der Waals surface area (Å²) < 4.78 is 0. The molecule has 5 heteroatoms. The average Bonchev–Trinajstić information content (AvgIpc) is 2.69. The second-order valence-electron chi connectivity index (χ2n) is 7.04. The van der Waals surface area contributed by atoms with Crippen molar-refractivity contribution in [1.29, 1.82) is 0 Å². The Balaban J connectivity index is 1.89. The van der Waals surface area contributed by atoms with Crippen molar-refractivity contribution in [2.24, 2.45) is 11.5 Å². The highest BCUT2D eigenvalue weighted by atomic mass is 16.1. The maximum Gasteiger partial charge on any atom is 0.136 e. The van der Waals surface area contributed by atoms with E-state index in [4.69, 9.17) is 11.5 Å². The largest absolute Gasteiger partial charge is 0.397 e. The van der Waals surface area contributed by atoms with Crippen LogP contribution in [0.25, 0.3) is 11.4 Å². The molecule has 0 spiro atoms. The molecule has 1 aliphatic rings. The molecule has 0 saturated heterocycles. The minimum atomic E-state index is -0.364. The molecule has 3 rings (SSSR count). The fraction of sp³-hybridized carbons (Fsp3) is 0.318. The predicted octanol–water partition coefficient (Wildman–Crippen LogP) is 2.71. The fourth-order valence-electron chi connectivity index (χ4n) is 3.54. The molecule has 142 valence electrons. The first-order chi connectivity index (χ1) is 13.1. The van der Waals surface area contributed by atoms with Gasteiger partial charge in [0.1, 0.15) is 6.29 Å². The lowest BCUT2D eigenvalue weighted by Gasteiger charge is -2.29. The van der Waals surface area contributed by atoms with Crippen LogP contribution in [0.1, 0.15) is 36.0 Å². The van der Waals surface area contributed by atoms with Gasteiger partial charge in [-0.1, -0.05) is 42.5 Å². The molecule has 1 atom stereocenters. The summed E-state index contributed by atoms with van der Waals surface area (Å²) in [5, 5.41) is 3.55. The first kappa shape index (κ1) is 19.0. The molecule has 0 amide bonds. The molecule has 0 radical (unpaired) electrons. The lowest BCUT2D eigenvalue weighted by Crippen LogP contribution is -2.26. The molecule has 1 heterocycles. The van der Waals surface area contributed by atoms with Gasteiger partial charge < -0.3 is 26.5 Å². The molecule has 1 aliphatic heterocycles. The van der Waals surface area contributed by atoms with Gasteiger partial charge in [0.15, 0.2) is 0 Å². The third kappa shape index (κ3) is 4.31. The van der Waals surface area contributed by atoms with E-state index in [1.807, 2.05) is 12.1 Å². The number of carbonyl (C=O) groups excluding carboxylic acids is 1. The fourth-order valence-corrected chi connectivity index (χ4v) is 3.54. The van der Waals surface area contributed by atoms with Gasteiger partial charge in [0.05, 0.1) is 17.4 Å². The van der Waals surface area contributed by atoms with Crippen molar-refractivity contribution in [1.82, 2.24) is 5.32 Å². The molecule has 5 N–H and O–H groups in total. The monoisotopic (exact) mass is 364 g/mol. The number of rotatable bonds is 7. The number of nitrogens with two attached hydrogens (primary N) is 2. The average molecular weight is 364 g/mol. The SMILES string of the molecule is CN1Cc2ccccc2/C(N)=C(/NCCCCC(N)C=O)c2ccccc21.